The van der Waals surface area contributed by atoms with Crippen molar-refractivity contribution < 1.29 is 17.6 Å². The molecular weight excluding hydrogens is 442 g/mol. The normalized spacial score (nSPS) is 11.8. The van der Waals surface area contributed by atoms with Crippen molar-refractivity contribution in [3.05, 3.63) is 56.7 Å². The Balaban J connectivity index is 2.19. The van der Waals surface area contributed by atoms with Crippen LogP contribution in [-0.2, 0) is 14.8 Å². The molecule has 2 aromatic carbocycles. The zero-order chi connectivity index (χ0) is 19.1. The van der Waals surface area contributed by atoms with E-state index in [0.717, 1.165) is 20.1 Å². The first-order valence-electron chi connectivity index (χ1n) is 7.58. The van der Waals surface area contributed by atoms with E-state index in [9.17, 15) is 18.0 Å². The number of rotatable bonds is 4. The van der Waals surface area contributed by atoms with Gasteiger partial charge in [0.25, 0.3) is 10.0 Å². The average Bonchev–Trinajstić information content (AvgIpc) is 2.94. The van der Waals surface area contributed by atoms with Gasteiger partial charge in [-0.1, -0.05) is 41.1 Å². The molecule has 0 spiro atoms. The number of halogens is 1. The van der Waals surface area contributed by atoms with Crippen LogP contribution >= 0.6 is 27.3 Å². The Morgan fingerprint density at radius 3 is 2.42 bits per heavy atom. The average molecular weight is 456 g/mol. The second-order valence-corrected chi connectivity index (χ2v) is 9.48. The lowest BCUT2D eigenvalue weighted by atomic mass is 10.2. The van der Waals surface area contributed by atoms with Crippen LogP contribution in [0.25, 0.3) is 10.3 Å². The van der Waals surface area contributed by atoms with Gasteiger partial charge in [0.15, 0.2) is 0 Å². The SMILES string of the molecule is CC(C)C(=O)N(c1ccc2oc(=O)sc2c1)S(=O)(=O)c1ccc(Br)cc1. The topological polar surface area (TPSA) is 84.7 Å². The molecule has 0 saturated carbocycles. The first-order chi connectivity index (χ1) is 12.2. The molecule has 26 heavy (non-hydrogen) atoms. The highest BCUT2D eigenvalue weighted by Gasteiger charge is 2.32. The highest BCUT2D eigenvalue weighted by molar-refractivity contribution is 9.10. The molecule has 1 heterocycles. The zero-order valence-electron chi connectivity index (χ0n) is 13.8. The molecule has 0 unspecified atom stereocenters. The van der Waals surface area contributed by atoms with E-state index in [0.29, 0.717) is 10.3 Å². The minimum absolute atomic E-state index is 0.00446. The number of carbonyl (C=O) groups excluding carboxylic acids is 1. The summed E-state index contributed by atoms with van der Waals surface area (Å²) in [5.74, 6) is -1.11. The van der Waals surface area contributed by atoms with Gasteiger partial charge in [-0.05, 0) is 42.5 Å². The van der Waals surface area contributed by atoms with E-state index in [4.69, 9.17) is 4.42 Å². The summed E-state index contributed by atoms with van der Waals surface area (Å²) in [6.07, 6.45) is 0. The van der Waals surface area contributed by atoms with Crippen molar-refractivity contribution in [3.8, 4) is 0 Å². The summed E-state index contributed by atoms with van der Waals surface area (Å²) in [6, 6.07) is 10.5. The summed E-state index contributed by atoms with van der Waals surface area (Å²) < 4.78 is 33.3. The highest BCUT2D eigenvalue weighted by Crippen LogP contribution is 2.30. The van der Waals surface area contributed by atoms with E-state index in [1.807, 2.05) is 0 Å². The number of hydrogen-bond donors (Lipinski definition) is 0. The van der Waals surface area contributed by atoms with Gasteiger partial charge in [0.1, 0.15) is 5.58 Å². The fourth-order valence-corrected chi connectivity index (χ4v) is 4.81. The monoisotopic (exact) mass is 455 g/mol. The van der Waals surface area contributed by atoms with Gasteiger partial charge in [-0.15, -0.1) is 0 Å². The van der Waals surface area contributed by atoms with Gasteiger partial charge < -0.3 is 4.42 Å². The predicted molar refractivity (Wildman–Crippen MR) is 104 cm³/mol. The summed E-state index contributed by atoms with van der Waals surface area (Å²) in [6.45, 7) is 3.25. The van der Waals surface area contributed by atoms with Gasteiger partial charge in [0.2, 0.25) is 5.91 Å². The minimum Gasteiger partial charge on any atom is -0.414 e. The Morgan fingerprint density at radius 1 is 1.15 bits per heavy atom. The molecule has 0 saturated heterocycles. The molecule has 0 aliphatic carbocycles. The largest absolute Gasteiger partial charge is 0.414 e. The lowest BCUT2D eigenvalue weighted by Crippen LogP contribution is -2.39. The Morgan fingerprint density at radius 2 is 1.81 bits per heavy atom. The molecule has 0 aliphatic heterocycles. The maximum absolute atomic E-state index is 13.1. The van der Waals surface area contributed by atoms with Gasteiger partial charge in [-0.25, -0.2) is 17.5 Å². The number of hydrogen-bond acceptors (Lipinski definition) is 6. The molecular formula is C17H14BrNO5S2. The summed E-state index contributed by atoms with van der Waals surface area (Å²) in [4.78, 5) is 23.6. The molecule has 1 aromatic heterocycles. The quantitative estimate of drug-likeness (QED) is 0.593. The van der Waals surface area contributed by atoms with Crippen LogP contribution in [0.2, 0.25) is 0 Å². The van der Waals surface area contributed by atoms with Crippen molar-refractivity contribution in [1.82, 2.24) is 0 Å². The molecule has 136 valence electrons. The molecule has 0 bridgehead atoms. The molecule has 0 N–H and O–H groups in total. The van der Waals surface area contributed by atoms with Crippen LogP contribution in [0.3, 0.4) is 0 Å². The third-order valence-corrected chi connectivity index (χ3v) is 6.65. The maximum Gasteiger partial charge on any atom is 0.396 e. The third-order valence-electron chi connectivity index (χ3n) is 3.59. The third kappa shape index (κ3) is 3.46. The van der Waals surface area contributed by atoms with Crippen molar-refractivity contribution >= 4 is 59.2 Å². The molecule has 1 amide bonds. The van der Waals surface area contributed by atoms with Crippen LogP contribution in [0.15, 0.2) is 61.0 Å². The number of anilines is 1. The van der Waals surface area contributed by atoms with Crippen molar-refractivity contribution in [2.45, 2.75) is 18.7 Å². The van der Waals surface area contributed by atoms with Crippen LogP contribution in [-0.4, -0.2) is 14.3 Å². The van der Waals surface area contributed by atoms with E-state index in [2.05, 4.69) is 15.9 Å². The summed E-state index contributed by atoms with van der Waals surface area (Å²) in [5.41, 5.74) is 0.512. The van der Waals surface area contributed by atoms with Crippen molar-refractivity contribution in [1.29, 1.82) is 0 Å². The Bertz CT molecular complexity index is 1130. The molecule has 0 atom stereocenters. The van der Waals surface area contributed by atoms with Crippen molar-refractivity contribution in [2.75, 3.05) is 4.31 Å². The van der Waals surface area contributed by atoms with Crippen LogP contribution in [0.4, 0.5) is 5.69 Å². The second kappa shape index (κ2) is 6.98. The van der Waals surface area contributed by atoms with Crippen LogP contribution < -0.4 is 9.24 Å². The van der Waals surface area contributed by atoms with E-state index in [-0.39, 0.29) is 10.6 Å². The van der Waals surface area contributed by atoms with Crippen LogP contribution in [0.1, 0.15) is 13.8 Å². The molecule has 6 nitrogen and oxygen atoms in total. The zero-order valence-corrected chi connectivity index (χ0v) is 17.0. The first-order valence-corrected chi connectivity index (χ1v) is 10.6. The Labute approximate surface area is 162 Å². The Hall–Kier alpha value is -1.97. The van der Waals surface area contributed by atoms with E-state index in [1.54, 1.807) is 26.0 Å². The smallest absolute Gasteiger partial charge is 0.396 e. The van der Waals surface area contributed by atoms with Crippen molar-refractivity contribution in [2.24, 2.45) is 5.92 Å². The molecule has 0 aliphatic rings. The van der Waals surface area contributed by atoms with Gasteiger partial charge in [-0.3, -0.25) is 4.79 Å². The van der Waals surface area contributed by atoms with Gasteiger partial charge in [0.05, 0.1) is 15.3 Å². The fraction of sp³-hybridized carbons (Fsp3) is 0.176. The standard InChI is InChI=1S/C17H14BrNO5S2/c1-10(2)16(20)19(26(22,23)13-6-3-11(18)4-7-13)12-5-8-14-15(9-12)25-17(21)24-14/h3-10H,1-2H3. The first kappa shape index (κ1) is 18.8. The number of sulfonamides is 1. The predicted octanol–water partition coefficient (Wildman–Crippen LogP) is 3.99. The van der Waals surface area contributed by atoms with Crippen LogP contribution in [0, 0.1) is 5.92 Å². The van der Waals surface area contributed by atoms with Gasteiger partial charge in [-0.2, -0.15) is 0 Å². The van der Waals surface area contributed by atoms with E-state index < -0.39 is 26.8 Å². The molecule has 9 heteroatoms. The highest BCUT2D eigenvalue weighted by atomic mass is 79.9. The van der Waals surface area contributed by atoms with Crippen LogP contribution in [0.5, 0.6) is 0 Å². The number of fused-ring (bicyclic) bond motifs is 1. The van der Waals surface area contributed by atoms with Gasteiger partial charge >= 0.3 is 4.94 Å². The molecule has 3 aromatic rings. The summed E-state index contributed by atoms with van der Waals surface area (Å²) in [5, 5.41) is 0. The van der Waals surface area contributed by atoms with E-state index in [1.165, 1.54) is 30.3 Å². The minimum atomic E-state index is -4.12. The maximum atomic E-state index is 13.1. The lowest BCUT2D eigenvalue weighted by Gasteiger charge is -2.24. The fourth-order valence-electron chi connectivity index (χ4n) is 2.32. The number of nitrogens with zero attached hydrogens (tertiary/aromatic N) is 1. The molecule has 3 rings (SSSR count). The lowest BCUT2D eigenvalue weighted by molar-refractivity contribution is -0.120. The van der Waals surface area contributed by atoms with Gasteiger partial charge in [0, 0.05) is 10.4 Å². The summed E-state index contributed by atoms with van der Waals surface area (Å²) >= 11 is 4.11. The molecule has 0 fully saturated rings. The second-order valence-electron chi connectivity index (χ2n) is 5.80. The Kier molecular flexibility index (Phi) is 5.05. The summed E-state index contributed by atoms with van der Waals surface area (Å²) in [7, 11) is -4.12. The van der Waals surface area contributed by atoms with Crippen molar-refractivity contribution in [3.63, 3.8) is 0 Å². The number of amides is 1. The number of carbonyl (C=O) groups is 1. The molecule has 0 radical (unpaired) electrons. The number of benzene rings is 2. The van der Waals surface area contributed by atoms with E-state index >= 15 is 0 Å².